The molecule has 1 aromatic carbocycles. The summed E-state index contributed by atoms with van der Waals surface area (Å²) < 4.78 is 22.0. The van der Waals surface area contributed by atoms with Crippen molar-refractivity contribution in [3.63, 3.8) is 0 Å². The van der Waals surface area contributed by atoms with E-state index in [1.807, 2.05) is 0 Å². The Labute approximate surface area is 144 Å². The van der Waals surface area contributed by atoms with Crippen LogP contribution in [0.3, 0.4) is 0 Å². The van der Waals surface area contributed by atoms with Gasteiger partial charge in [-0.15, -0.1) is 0 Å². The van der Waals surface area contributed by atoms with Crippen LogP contribution in [0, 0.1) is 0 Å². The van der Waals surface area contributed by atoms with Crippen molar-refractivity contribution < 1.29 is 59.8 Å². The molecular weight excluding hydrogens is 314 g/mol. The van der Waals surface area contributed by atoms with Crippen molar-refractivity contribution in [2.45, 2.75) is 4.90 Å². The standard InChI is InChI=1S/C6H3Cl3O2S2.K/c7-3-1-4(8)6(5(9)2-3)13(10,11)12;/h1-2H,(H,10,11,12);/q;+1/p-1. The SMILES string of the molecule is O=S(=O)([S-])c1c(Cl)cc(Cl)cc1Cl.[K+]. The molecule has 14 heavy (non-hydrogen) atoms. The van der Waals surface area contributed by atoms with Gasteiger partial charge >= 0.3 is 51.4 Å². The van der Waals surface area contributed by atoms with Crippen molar-refractivity contribution in [1.29, 1.82) is 0 Å². The van der Waals surface area contributed by atoms with Gasteiger partial charge in [-0.05, 0) is 12.1 Å². The smallest absolute Gasteiger partial charge is 0.644 e. The molecule has 0 amide bonds. The maximum absolute atomic E-state index is 11.0. The van der Waals surface area contributed by atoms with Gasteiger partial charge in [0.2, 0.25) is 0 Å². The first-order valence-corrected chi connectivity index (χ1v) is 6.47. The molecule has 0 saturated carbocycles. The zero-order valence-corrected chi connectivity index (χ0v) is 13.9. The average molecular weight is 316 g/mol. The van der Waals surface area contributed by atoms with Gasteiger partial charge in [0.05, 0.1) is 23.8 Å². The minimum atomic E-state index is -3.82. The van der Waals surface area contributed by atoms with Crippen LogP contribution in [0.25, 0.3) is 0 Å². The Bertz CT molecular complexity index is 423. The van der Waals surface area contributed by atoms with Crippen LogP contribution in [0.4, 0.5) is 0 Å². The molecule has 1 rings (SSSR count). The number of halogens is 3. The van der Waals surface area contributed by atoms with Gasteiger partial charge in [0.1, 0.15) is 0 Å². The third-order valence-electron chi connectivity index (χ3n) is 1.21. The van der Waals surface area contributed by atoms with E-state index in [1.165, 1.54) is 12.1 Å². The molecule has 8 heteroatoms. The van der Waals surface area contributed by atoms with Gasteiger partial charge < -0.3 is 11.7 Å². The largest absolute Gasteiger partial charge is 1.00 e. The summed E-state index contributed by atoms with van der Waals surface area (Å²) >= 11 is 21.0. The Morgan fingerprint density at radius 1 is 1.07 bits per heavy atom. The molecule has 0 fully saturated rings. The molecular formula is C6H2Cl3KO2S2. The van der Waals surface area contributed by atoms with E-state index in [-0.39, 0.29) is 71.3 Å². The molecule has 0 unspecified atom stereocenters. The van der Waals surface area contributed by atoms with E-state index >= 15 is 0 Å². The van der Waals surface area contributed by atoms with E-state index < -0.39 is 8.87 Å². The van der Waals surface area contributed by atoms with Crippen molar-refractivity contribution >= 4 is 55.3 Å². The molecule has 0 aliphatic carbocycles. The minimum absolute atomic E-state index is 0. The summed E-state index contributed by atoms with van der Waals surface area (Å²) in [6.45, 7) is 0. The molecule has 0 aliphatic rings. The van der Waals surface area contributed by atoms with E-state index in [0.717, 1.165) is 0 Å². The zero-order chi connectivity index (χ0) is 10.2. The number of rotatable bonds is 1. The first kappa shape index (κ1) is 16.0. The summed E-state index contributed by atoms with van der Waals surface area (Å²) in [5, 5.41) is 0.136. The van der Waals surface area contributed by atoms with Crippen LogP contribution in [0.1, 0.15) is 0 Å². The molecule has 0 radical (unpaired) electrons. The quantitative estimate of drug-likeness (QED) is 0.412. The summed E-state index contributed by atoms with van der Waals surface area (Å²) in [7, 11) is -3.82. The average Bonchev–Trinajstić information content (AvgIpc) is 1.78. The van der Waals surface area contributed by atoms with E-state index in [0.29, 0.717) is 0 Å². The summed E-state index contributed by atoms with van der Waals surface area (Å²) in [4.78, 5) is -0.268. The second kappa shape index (κ2) is 6.09. The molecule has 0 saturated heterocycles. The number of hydrogen-bond donors (Lipinski definition) is 0. The van der Waals surface area contributed by atoms with Gasteiger partial charge in [-0.2, -0.15) is 0 Å². The molecule has 0 aromatic heterocycles. The first-order chi connectivity index (χ1) is 5.82. The predicted octanol–water partition coefficient (Wildman–Crippen LogP) is -0.114. The normalized spacial score (nSPS) is 10.9. The van der Waals surface area contributed by atoms with E-state index in [4.69, 9.17) is 34.8 Å². The molecule has 0 heterocycles. The third kappa shape index (κ3) is 4.12. The van der Waals surface area contributed by atoms with Crippen LogP contribution >= 0.6 is 34.8 Å². The fourth-order valence-corrected chi connectivity index (χ4v) is 3.60. The number of hydrogen-bond acceptors (Lipinski definition) is 3. The summed E-state index contributed by atoms with van der Waals surface area (Å²) in [6, 6.07) is 2.54. The van der Waals surface area contributed by atoms with Crippen LogP contribution in [0.5, 0.6) is 0 Å². The summed E-state index contributed by atoms with van der Waals surface area (Å²) in [5.74, 6) is 0. The van der Waals surface area contributed by atoms with E-state index in [2.05, 4.69) is 11.7 Å². The Morgan fingerprint density at radius 3 is 1.71 bits per heavy atom. The Morgan fingerprint density at radius 2 is 1.43 bits per heavy atom. The fourth-order valence-electron chi connectivity index (χ4n) is 0.768. The third-order valence-corrected chi connectivity index (χ3v) is 3.69. The monoisotopic (exact) mass is 314 g/mol. The zero-order valence-electron chi connectivity index (χ0n) is 6.92. The second-order valence-corrected chi connectivity index (χ2v) is 6.04. The predicted molar refractivity (Wildman–Crippen MR) is 56.0 cm³/mol. The van der Waals surface area contributed by atoms with E-state index in [1.54, 1.807) is 0 Å². The fraction of sp³-hybridized carbons (Fsp3) is 0. The van der Waals surface area contributed by atoms with Gasteiger partial charge in [-0.25, -0.2) is 8.42 Å². The van der Waals surface area contributed by atoms with Crippen LogP contribution in [0.15, 0.2) is 17.0 Å². The molecule has 2 nitrogen and oxygen atoms in total. The van der Waals surface area contributed by atoms with Gasteiger partial charge in [0.25, 0.3) is 0 Å². The van der Waals surface area contributed by atoms with Crippen LogP contribution in [-0.2, 0) is 20.5 Å². The van der Waals surface area contributed by atoms with E-state index in [9.17, 15) is 8.42 Å². The van der Waals surface area contributed by atoms with Gasteiger partial charge in [0.15, 0.2) is 0 Å². The van der Waals surface area contributed by atoms with Crippen LogP contribution < -0.4 is 51.4 Å². The molecule has 0 aliphatic heterocycles. The second-order valence-electron chi connectivity index (χ2n) is 2.15. The molecule has 0 atom stereocenters. The van der Waals surface area contributed by atoms with Crippen molar-refractivity contribution in [3.05, 3.63) is 27.2 Å². The maximum atomic E-state index is 11.0. The van der Waals surface area contributed by atoms with Gasteiger partial charge in [-0.3, -0.25) is 0 Å². The van der Waals surface area contributed by atoms with Gasteiger partial charge in [-0.1, -0.05) is 34.8 Å². The van der Waals surface area contributed by atoms with Crippen LogP contribution in [0.2, 0.25) is 15.1 Å². The minimum Gasteiger partial charge on any atom is -0.644 e. The first-order valence-electron chi connectivity index (χ1n) is 2.93. The van der Waals surface area contributed by atoms with Crippen molar-refractivity contribution in [3.8, 4) is 0 Å². The molecule has 72 valence electrons. The summed E-state index contributed by atoms with van der Waals surface area (Å²) in [6.07, 6.45) is 0. The van der Waals surface area contributed by atoms with Crippen molar-refractivity contribution in [2.75, 3.05) is 0 Å². The molecule has 0 N–H and O–H groups in total. The molecule has 0 spiro atoms. The Balaban J connectivity index is 0.00000169. The van der Waals surface area contributed by atoms with Crippen molar-refractivity contribution in [2.24, 2.45) is 0 Å². The number of benzene rings is 1. The Hall–Kier alpha value is 2.03. The topological polar surface area (TPSA) is 34.1 Å². The Kier molecular flexibility index (Phi) is 6.98. The molecule has 0 bridgehead atoms. The van der Waals surface area contributed by atoms with Crippen LogP contribution in [-0.4, -0.2) is 8.42 Å². The maximum Gasteiger partial charge on any atom is 1.00 e. The van der Waals surface area contributed by atoms with Crippen molar-refractivity contribution in [1.82, 2.24) is 0 Å². The summed E-state index contributed by atoms with van der Waals surface area (Å²) in [5.41, 5.74) is 0. The van der Waals surface area contributed by atoms with Gasteiger partial charge in [0, 0.05) is 5.02 Å². The molecule has 1 aromatic rings.